The summed E-state index contributed by atoms with van der Waals surface area (Å²) in [5, 5.41) is 17.9. The van der Waals surface area contributed by atoms with Crippen LogP contribution in [-0.4, -0.2) is 94.9 Å². The number of amides is 2. The summed E-state index contributed by atoms with van der Waals surface area (Å²) in [6.07, 6.45) is 0.647. The standard InChI is InChI=1S/C27H29F2N9O4S2/c1-36(11-12-42-2)26(39)37-9-5-16(6-10-37)21-20-18-4-3-17(44(40,41)35-27(14-30)7-8-27)13-19(18)38(23(20)32-15-31-21)25-34-33-24(43-25)22(28)29/h3-4,13,15-16,22,35H,5-12H2,1-2H3. The highest BCUT2D eigenvalue weighted by molar-refractivity contribution is 7.89. The summed E-state index contributed by atoms with van der Waals surface area (Å²) >= 11 is 0.683. The molecule has 0 unspecified atom stereocenters. The molecular formula is C27H29F2N9O4S2. The number of hydrogen-bond donors (Lipinski definition) is 1. The molecule has 13 nitrogen and oxygen atoms in total. The Hall–Kier alpha value is -3.85. The molecule has 1 N–H and O–H groups in total. The van der Waals surface area contributed by atoms with Crippen molar-refractivity contribution >= 4 is 49.3 Å². The van der Waals surface area contributed by atoms with Crippen LogP contribution in [0.4, 0.5) is 13.6 Å². The summed E-state index contributed by atoms with van der Waals surface area (Å²) in [7, 11) is -0.767. The molecule has 1 saturated carbocycles. The number of rotatable bonds is 9. The van der Waals surface area contributed by atoms with Crippen molar-refractivity contribution in [2.24, 2.45) is 0 Å². The fraction of sp³-hybridized carbons (Fsp3) is 0.481. The topological polar surface area (TPSA) is 159 Å². The van der Waals surface area contributed by atoms with Crippen LogP contribution < -0.4 is 4.72 Å². The van der Waals surface area contributed by atoms with Gasteiger partial charge in [0.2, 0.25) is 15.2 Å². The van der Waals surface area contributed by atoms with Gasteiger partial charge in [-0.2, -0.15) is 9.98 Å². The maximum Gasteiger partial charge on any atom is 0.319 e. The Morgan fingerprint density at radius 3 is 2.66 bits per heavy atom. The summed E-state index contributed by atoms with van der Waals surface area (Å²) in [4.78, 5) is 25.3. The van der Waals surface area contributed by atoms with Crippen LogP contribution in [0, 0.1) is 11.3 Å². The molecule has 2 fully saturated rings. The fourth-order valence-corrected chi connectivity index (χ4v) is 7.61. The number of hydrogen-bond acceptors (Lipinski definition) is 10. The lowest BCUT2D eigenvalue weighted by atomic mass is 9.91. The normalized spacial score (nSPS) is 17.0. The van der Waals surface area contributed by atoms with Crippen molar-refractivity contribution in [3.63, 3.8) is 0 Å². The number of carbonyl (C=O) groups is 1. The number of halogens is 2. The lowest BCUT2D eigenvalue weighted by molar-refractivity contribution is 0.127. The van der Waals surface area contributed by atoms with Crippen molar-refractivity contribution < 1.29 is 26.7 Å². The number of carbonyl (C=O) groups excluding carboxylic acids is 1. The van der Waals surface area contributed by atoms with E-state index in [1.54, 1.807) is 30.0 Å². The second kappa shape index (κ2) is 11.6. The maximum atomic E-state index is 13.5. The summed E-state index contributed by atoms with van der Waals surface area (Å²) in [5.74, 6) is -0.0469. The molecule has 2 aliphatic rings. The summed E-state index contributed by atoms with van der Waals surface area (Å²) in [5.41, 5.74) is 0.334. The maximum absolute atomic E-state index is 13.5. The minimum Gasteiger partial charge on any atom is -0.383 e. The van der Waals surface area contributed by atoms with Gasteiger partial charge in [0.1, 0.15) is 11.9 Å². The van der Waals surface area contributed by atoms with E-state index in [0.717, 1.165) is 0 Å². The van der Waals surface area contributed by atoms with Crippen molar-refractivity contribution in [2.75, 3.05) is 40.4 Å². The molecule has 1 aliphatic carbocycles. The smallest absolute Gasteiger partial charge is 0.319 e. The number of benzene rings is 1. The number of alkyl halides is 2. The predicted molar refractivity (Wildman–Crippen MR) is 156 cm³/mol. The molecule has 1 aliphatic heterocycles. The molecule has 4 aromatic rings. The Bertz CT molecular complexity index is 1880. The predicted octanol–water partition coefficient (Wildman–Crippen LogP) is 3.57. The van der Waals surface area contributed by atoms with Crippen molar-refractivity contribution in [3.05, 3.63) is 35.2 Å². The number of likely N-dealkylation sites (N-methyl/N-ethyl adjacent to an activating group) is 1. The third-order valence-electron chi connectivity index (χ3n) is 8.07. The fourth-order valence-electron chi connectivity index (χ4n) is 5.50. The van der Waals surface area contributed by atoms with E-state index in [1.807, 2.05) is 6.07 Å². The molecule has 4 heterocycles. The minimum atomic E-state index is -4.09. The first-order valence-electron chi connectivity index (χ1n) is 13.9. The second-order valence-corrected chi connectivity index (χ2v) is 13.6. The van der Waals surface area contributed by atoms with E-state index in [0.29, 0.717) is 90.9 Å². The molecular weight excluding hydrogens is 616 g/mol. The van der Waals surface area contributed by atoms with Crippen LogP contribution >= 0.6 is 11.3 Å². The summed E-state index contributed by atoms with van der Waals surface area (Å²) in [6, 6.07) is 6.45. The number of nitrogens with zero attached hydrogens (tertiary/aromatic N) is 8. The average molecular weight is 646 g/mol. The number of piperidine rings is 1. The number of fused-ring (bicyclic) bond motifs is 3. The van der Waals surface area contributed by atoms with Gasteiger partial charge in [-0.15, -0.1) is 10.2 Å². The van der Waals surface area contributed by atoms with E-state index in [9.17, 15) is 27.3 Å². The molecule has 6 rings (SSSR count). The highest BCUT2D eigenvalue weighted by Crippen LogP contribution is 2.40. The molecule has 1 aromatic carbocycles. The van der Waals surface area contributed by atoms with E-state index in [2.05, 4.69) is 24.9 Å². The van der Waals surface area contributed by atoms with Gasteiger partial charge in [0.05, 0.1) is 28.8 Å². The Labute approximate surface area is 255 Å². The number of aromatic nitrogens is 5. The number of methoxy groups -OCH3 is 1. The molecule has 1 saturated heterocycles. The molecule has 3 aromatic heterocycles. The van der Waals surface area contributed by atoms with Crippen LogP contribution in [0.5, 0.6) is 0 Å². The quantitative estimate of drug-likeness (QED) is 0.287. The number of sulfonamides is 1. The number of likely N-dealkylation sites (tertiary alicyclic amines) is 1. The number of ether oxygens (including phenoxy) is 1. The molecule has 0 bridgehead atoms. The third-order valence-corrected chi connectivity index (χ3v) is 10.5. The molecule has 17 heteroatoms. The lowest BCUT2D eigenvalue weighted by Crippen LogP contribution is -2.45. The largest absolute Gasteiger partial charge is 0.383 e. The van der Waals surface area contributed by atoms with Crippen molar-refractivity contribution in [3.8, 4) is 11.2 Å². The first kappa shape index (κ1) is 30.2. The number of urea groups is 1. The van der Waals surface area contributed by atoms with Gasteiger partial charge < -0.3 is 14.5 Å². The van der Waals surface area contributed by atoms with E-state index in [1.165, 1.54) is 23.0 Å². The zero-order valence-electron chi connectivity index (χ0n) is 23.9. The van der Waals surface area contributed by atoms with Crippen LogP contribution in [0.2, 0.25) is 0 Å². The highest BCUT2D eigenvalue weighted by Gasteiger charge is 2.47. The van der Waals surface area contributed by atoms with Crippen molar-refractivity contribution in [2.45, 2.75) is 48.5 Å². The van der Waals surface area contributed by atoms with Crippen LogP contribution in [0.25, 0.3) is 27.1 Å². The lowest BCUT2D eigenvalue weighted by Gasteiger charge is -2.34. The zero-order valence-corrected chi connectivity index (χ0v) is 25.5. The van der Waals surface area contributed by atoms with Gasteiger partial charge in [-0.25, -0.2) is 32.0 Å². The highest BCUT2D eigenvalue weighted by atomic mass is 32.2. The number of nitrogens with one attached hydrogen (secondary N) is 1. The molecule has 0 spiro atoms. The van der Waals surface area contributed by atoms with Crippen LogP contribution in [-0.2, 0) is 14.8 Å². The van der Waals surface area contributed by atoms with Crippen molar-refractivity contribution in [1.29, 1.82) is 5.26 Å². The van der Waals surface area contributed by atoms with Gasteiger partial charge in [0, 0.05) is 50.5 Å². The molecule has 0 atom stereocenters. The molecule has 0 radical (unpaired) electrons. The Balaban J connectivity index is 1.41. The Kier molecular flexibility index (Phi) is 7.94. The average Bonchev–Trinajstić information content (AvgIpc) is 3.46. The van der Waals surface area contributed by atoms with Crippen molar-refractivity contribution in [1.82, 2.24) is 39.3 Å². The van der Waals surface area contributed by atoms with Gasteiger partial charge in [0.15, 0.2) is 10.7 Å². The molecule has 2 amide bonds. The third kappa shape index (κ3) is 5.47. The first-order chi connectivity index (χ1) is 21.1. The van der Waals surface area contributed by atoms with E-state index in [4.69, 9.17) is 4.74 Å². The van der Waals surface area contributed by atoms with E-state index >= 15 is 0 Å². The first-order valence-corrected chi connectivity index (χ1v) is 16.2. The van der Waals surface area contributed by atoms with Gasteiger partial charge in [-0.3, -0.25) is 4.57 Å². The Morgan fingerprint density at radius 2 is 2.02 bits per heavy atom. The SMILES string of the molecule is COCCN(C)C(=O)N1CCC(c2ncnc3c2c2ccc(S(=O)(=O)NC4(C#N)CC4)cc2n3-c2nnc(C(F)F)s2)CC1. The van der Waals surface area contributed by atoms with Crippen LogP contribution in [0.1, 0.15) is 48.7 Å². The summed E-state index contributed by atoms with van der Waals surface area (Å²) in [6.45, 7) is 1.93. The Morgan fingerprint density at radius 1 is 1.27 bits per heavy atom. The van der Waals surface area contributed by atoms with Gasteiger partial charge in [-0.1, -0.05) is 17.4 Å². The zero-order chi connectivity index (χ0) is 31.2. The second-order valence-electron chi connectivity index (χ2n) is 11.0. The van der Waals surface area contributed by atoms with E-state index < -0.39 is 27.0 Å². The summed E-state index contributed by atoms with van der Waals surface area (Å²) < 4.78 is 62.7. The minimum absolute atomic E-state index is 0.0469. The monoisotopic (exact) mass is 645 g/mol. The van der Waals surface area contributed by atoms with Crippen LogP contribution in [0.15, 0.2) is 29.4 Å². The van der Waals surface area contributed by atoms with Gasteiger partial charge in [-0.05, 0) is 37.8 Å². The molecule has 44 heavy (non-hydrogen) atoms. The molecule has 232 valence electrons. The van der Waals surface area contributed by atoms with E-state index in [-0.39, 0.29) is 22.0 Å². The van der Waals surface area contributed by atoms with Gasteiger partial charge in [0.25, 0.3) is 6.43 Å². The van der Waals surface area contributed by atoms with Crippen LogP contribution in [0.3, 0.4) is 0 Å². The number of nitriles is 1. The van der Waals surface area contributed by atoms with Gasteiger partial charge >= 0.3 is 6.03 Å².